The monoisotopic (exact) mass is 397 g/mol. The van der Waals surface area contributed by atoms with Gasteiger partial charge in [0.05, 0.1) is 0 Å². The summed E-state index contributed by atoms with van der Waals surface area (Å²) >= 11 is 5.83. The van der Waals surface area contributed by atoms with Crippen LogP contribution in [0.3, 0.4) is 0 Å². The molecule has 0 spiro atoms. The Labute approximate surface area is 165 Å². The minimum atomic E-state index is -0.660. The lowest BCUT2D eigenvalue weighted by molar-refractivity contribution is 0.0844. The quantitative estimate of drug-likeness (QED) is 0.568. The van der Waals surface area contributed by atoms with E-state index in [1.165, 1.54) is 12.4 Å². The van der Waals surface area contributed by atoms with E-state index in [9.17, 15) is 9.59 Å². The minimum Gasteiger partial charge on any atom is -0.489 e. The predicted molar refractivity (Wildman–Crippen MR) is 104 cm³/mol. The fourth-order valence-electron chi connectivity index (χ4n) is 2.22. The summed E-state index contributed by atoms with van der Waals surface area (Å²) in [5, 5.41) is 0.636. The van der Waals surface area contributed by atoms with Crippen LogP contribution in [-0.4, -0.2) is 21.8 Å². The molecule has 0 aliphatic rings. The third-order valence-electron chi connectivity index (χ3n) is 3.67. The molecular weight excluding hydrogens is 382 g/mol. The van der Waals surface area contributed by atoms with E-state index in [0.717, 1.165) is 5.56 Å². The number of benzene rings is 2. The average Bonchev–Trinajstić information content (AvgIpc) is 2.72. The molecule has 0 aliphatic carbocycles. The standard InChI is InChI=1S/C19H16ClN5O3/c20-14-5-7-15(8-6-14)28-11-12-1-3-13(4-2-12)18(26)24-25-19(27)16-17(21)23-10-9-22-16/h1-10H,11H2,(H2,21,23)(H,24,26)(H,25,27). The van der Waals surface area contributed by atoms with Crippen molar-refractivity contribution in [3.05, 3.63) is 82.8 Å². The number of halogens is 1. The lowest BCUT2D eigenvalue weighted by Crippen LogP contribution is -2.42. The van der Waals surface area contributed by atoms with Crippen LogP contribution in [0.2, 0.25) is 5.02 Å². The van der Waals surface area contributed by atoms with E-state index in [0.29, 0.717) is 22.9 Å². The molecule has 28 heavy (non-hydrogen) atoms. The van der Waals surface area contributed by atoms with Crippen LogP contribution in [0.15, 0.2) is 60.9 Å². The highest BCUT2D eigenvalue weighted by atomic mass is 35.5. The summed E-state index contributed by atoms with van der Waals surface area (Å²) in [5.41, 5.74) is 11.3. The van der Waals surface area contributed by atoms with E-state index in [1.807, 2.05) is 0 Å². The van der Waals surface area contributed by atoms with Crippen LogP contribution >= 0.6 is 11.6 Å². The van der Waals surface area contributed by atoms with Crippen molar-refractivity contribution in [2.75, 3.05) is 5.73 Å². The first-order valence-electron chi connectivity index (χ1n) is 8.17. The lowest BCUT2D eigenvalue weighted by atomic mass is 10.1. The molecule has 142 valence electrons. The summed E-state index contributed by atoms with van der Waals surface area (Å²) in [6.45, 7) is 0.340. The van der Waals surface area contributed by atoms with E-state index in [4.69, 9.17) is 22.1 Å². The van der Waals surface area contributed by atoms with Crippen molar-refractivity contribution in [3.8, 4) is 5.75 Å². The zero-order valence-electron chi connectivity index (χ0n) is 14.6. The number of anilines is 1. The lowest BCUT2D eigenvalue weighted by Gasteiger charge is -2.09. The first-order chi connectivity index (χ1) is 13.5. The Morgan fingerprint density at radius 1 is 0.929 bits per heavy atom. The van der Waals surface area contributed by atoms with Crippen molar-refractivity contribution in [2.45, 2.75) is 6.61 Å². The van der Waals surface area contributed by atoms with Gasteiger partial charge in [-0.1, -0.05) is 23.7 Å². The Bertz CT molecular complexity index is 978. The van der Waals surface area contributed by atoms with Crippen molar-refractivity contribution in [2.24, 2.45) is 0 Å². The second-order valence-electron chi connectivity index (χ2n) is 5.64. The average molecular weight is 398 g/mol. The molecule has 0 bridgehead atoms. The summed E-state index contributed by atoms with van der Waals surface area (Å²) in [6.07, 6.45) is 2.70. The molecule has 2 amide bonds. The zero-order valence-corrected chi connectivity index (χ0v) is 15.3. The molecule has 2 aromatic carbocycles. The minimum absolute atomic E-state index is 0.0284. The Morgan fingerprint density at radius 2 is 1.57 bits per heavy atom. The van der Waals surface area contributed by atoms with Crippen molar-refractivity contribution in [3.63, 3.8) is 0 Å². The molecule has 8 nitrogen and oxygen atoms in total. The molecule has 4 N–H and O–H groups in total. The SMILES string of the molecule is Nc1nccnc1C(=O)NNC(=O)c1ccc(COc2ccc(Cl)cc2)cc1. The number of hydrogen-bond donors (Lipinski definition) is 3. The normalized spacial score (nSPS) is 10.2. The molecule has 0 fully saturated rings. The Kier molecular flexibility index (Phi) is 6.03. The number of nitrogen functional groups attached to an aromatic ring is 1. The maximum atomic E-state index is 12.2. The second-order valence-corrected chi connectivity index (χ2v) is 6.07. The number of rotatable bonds is 5. The van der Waals surface area contributed by atoms with Crippen LogP contribution in [0.5, 0.6) is 5.75 Å². The molecule has 0 atom stereocenters. The molecule has 0 saturated heterocycles. The smallest absolute Gasteiger partial charge is 0.292 e. The van der Waals surface area contributed by atoms with Crippen molar-refractivity contribution in [1.82, 2.24) is 20.8 Å². The number of aromatic nitrogens is 2. The predicted octanol–water partition coefficient (Wildman–Crippen LogP) is 2.37. The van der Waals surface area contributed by atoms with Gasteiger partial charge in [0.15, 0.2) is 11.5 Å². The van der Waals surface area contributed by atoms with E-state index >= 15 is 0 Å². The van der Waals surface area contributed by atoms with Crippen LogP contribution < -0.4 is 21.3 Å². The zero-order chi connectivity index (χ0) is 19.9. The highest BCUT2D eigenvalue weighted by Crippen LogP contribution is 2.17. The molecular formula is C19H16ClN5O3. The molecule has 1 heterocycles. The molecule has 3 rings (SSSR count). The van der Waals surface area contributed by atoms with E-state index in [1.54, 1.807) is 48.5 Å². The van der Waals surface area contributed by atoms with Crippen molar-refractivity contribution >= 4 is 29.2 Å². The first-order valence-corrected chi connectivity index (χ1v) is 8.55. The summed E-state index contributed by atoms with van der Waals surface area (Å²) in [6, 6.07) is 13.8. The van der Waals surface area contributed by atoms with Gasteiger partial charge in [0.25, 0.3) is 11.8 Å². The van der Waals surface area contributed by atoms with Gasteiger partial charge < -0.3 is 10.5 Å². The van der Waals surface area contributed by atoms with Gasteiger partial charge in [0.2, 0.25) is 0 Å². The molecule has 1 aromatic heterocycles. The maximum Gasteiger partial charge on any atom is 0.292 e. The molecule has 9 heteroatoms. The Hall–Kier alpha value is -3.65. The maximum absolute atomic E-state index is 12.2. The number of hydrogen-bond acceptors (Lipinski definition) is 6. The van der Waals surface area contributed by atoms with Crippen LogP contribution in [0.25, 0.3) is 0 Å². The van der Waals surface area contributed by atoms with Crippen LogP contribution in [0, 0.1) is 0 Å². The highest BCUT2D eigenvalue weighted by Gasteiger charge is 2.13. The van der Waals surface area contributed by atoms with E-state index < -0.39 is 11.8 Å². The van der Waals surface area contributed by atoms with Crippen LogP contribution in [0.1, 0.15) is 26.4 Å². The van der Waals surface area contributed by atoms with Gasteiger partial charge in [-0.2, -0.15) is 0 Å². The first kappa shape index (κ1) is 19.1. The van der Waals surface area contributed by atoms with Crippen LogP contribution in [0.4, 0.5) is 5.82 Å². The number of carbonyl (C=O) groups excluding carboxylic acids is 2. The Morgan fingerprint density at radius 3 is 2.25 bits per heavy atom. The van der Waals surface area contributed by atoms with Crippen molar-refractivity contribution < 1.29 is 14.3 Å². The number of amides is 2. The van der Waals surface area contributed by atoms with Crippen molar-refractivity contribution in [1.29, 1.82) is 0 Å². The summed E-state index contributed by atoms with van der Waals surface area (Å²) in [4.78, 5) is 31.7. The Balaban J connectivity index is 1.52. The highest BCUT2D eigenvalue weighted by molar-refractivity contribution is 6.30. The fourth-order valence-corrected chi connectivity index (χ4v) is 2.34. The molecule has 3 aromatic rings. The number of nitrogens with one attached hydrogen (secondary N) is 2. The third-order valence-corrected chi connectivity index (χ3v) is 3.92. The van der Waals surface area contributed by atoms with E-state index in [2.05, 4.69) is 20.8 Å². The summed E-state index contributed by atoms with van der Waals surface area (Å²) in [7, 11) is 0. The molecule has 0 saturated carbocycles. The topological polar surface area (TPSA) is 119 Å². The third kappa shape index (κ3) is 4.95. The fraction of sp³-hybridized carbons (Fsp3) is 0.0526. The number of nitrogens with two attached hydrogens (primary N) is 1. The summed E-state index contributed by atoms with van der Waals surface area (Å²) in [5.74, 6) is -0.482. The molecule has 0 radical (unpaired) electrons. The molecule has 0 aliphatic heterocycles. The van der Waals surface area contributed by atoms with Gasteiger partial charge in [-0.15, -0.1) is 0 Å². The molecule has 0 unspecified atom stereocenters. The number of carbonyl (C=O) groups is 2. The van der Waals surface area contributed by atoms with Gasteiger partial charge in [0.1, 0.15) is 12.4 Å². The van der Waals surface area contributed by atoms with Gasteiger partial charge in [-0.3, -0.25) is 20.4 Å². The van der Waals surface area contributed by atoms with Gasteiger partial charge in [0, 0.05) is 23.0 Å². The second kappa shape index (κ2) is 8.83. The van der Waals surface area contributed by atoms with Gasteiger partial charge in [-0.05, 0) is 42.0 Å². The van der Waals surface area contributed by atoms with Gasteiger partial charge >= 0.3 is 0 Å². The van der Waals surface area contributed by atoms with E-state index in [-0.39, 0.29) is 11.5 Å². The summed E-state index contributed by atoms with van der Waals surface area (Å²) < 4.78 is 5.65. The number of nitrogens with zero attached hydrogens (tertiary/aromatic N) is 2. The number of hydrazine groups is 1. The number of ether oxygens (including phenoxy) is 1. The van der Waals surface area contributed by atoms with Crippen LogP contribution in [-0.2, 0) is 6.61 Å². The van der Waals surface area contributed by atoms with Gasteiger partial charge in [-0.25, -0.2) is 9.97 Å². The largest absolute Gasteiger partial charge is 0.489 e.